The van der Waals surface area contributed by atoms with Crippen LogP contribution in [0.25, 0.3) is 0 Å². The Kier molecular flexibility index (Phi) is 4.15. The Morgan fingerprint density at radius 1 is 1.24 bits per heavy atom. The minimum absolute atomic E-state index is 0.137. The normalized spacial score (nSPS) is 20.6. The molecule has 1 aliphatic heterocycles. The Balaban J connectivity index is 2.03. The molecule has 1 N–H and O–H groups in total. The van der Waals surface area contributed by atoms with E-state index in [1.165, 1.54) is 0 Å². The van der Waals surface area contributed by atoms with Crippen molar-refractivity contribution >= 4 is 5.91 Å². The molecule has 1 aliphatic rings. The highest BCUT2D eigenvalue weighted by Crippen LogP contribution is 2.14. The van der Waals surface area contributed by atoms with E-state index in [0.717, 1.165) is 37.9 Å². The summed E-state index contributed by atoms with van der Waals surface area (Å²) >= 11 is 0. The summed E-state index contributed by atoms with van der Waals surface area (Å²) in [6.45, 7) is 2.08. The third kappa shape index (κ3) is 3.07. The molecule has 1 aromatic rings. The van der Waals surface area contributed by atoms with Gasteiger partial charge in [0.1, 0.15) is 0 Å². The zero-order valence-corrected chi connectivity index (χ0v) is 10.4. The van der Waals surface area contributed by atoms with E-state index in [0.29, 0.717) is 6.04 Å². The molecule has 0 radical (unpaired) electrons. The first kappa shape index (κ1) is 12.1. The molecular formula is C14H20N2O. The zero-order valence-electron chi connectivity index (χ0n) is 10.4. The van der Waals surface area contributed by atoms with Crippen molar-refractivity contribution < 1.29 is 4.79 Å². The van der Waals surface area contributed by atoms with Crippen molar-refractivity contribution in [1.82, 2.24) is 10.2 Å². The Labute approximate surface area is 103 Å². The summed E-state index contributed by atoms with van der Waals surface area (Å²) in [5, 5.41) is 3.37. The van der Waals surface area contributed by atoms with Crippen molar-refractivity contribution in [1.29, 1.82) is 0 Å². The number of carbonyl (C=O) groups excluding carboxylic acids is 1. The van der Waals surface area contributed by atoms with Gasteiger partial charge in [-0.05, 0) is 44.5 Å². The Bertz CT molecular complexity index is 356. The van der Waals surface area contributed by atoms with Gasteiger partial charge >= 0.3 is 0 Å². The summed E-state index contributed by atoms with van der Waals surface area (Å²) in [5.74, 6) is 0.137. The topological polar surface area (TPSA) is 32.3 Å². The molecule has 1 heterocycles. The molecule has 0 bridgehead atoms. The number of nitrogens with zero attached hydrogens (tertiary/aromatic N) is 1. The summed E-state index contributed by atoms with van der Waals surface area (Å²) in [7, 11) is 1.92. The van der Waals surface area contributed by atoms with E-state index in [9.17, 15) is 4.79 Å². The summed E-state index contributed by atoms with van der Waals surface area (Å²) in [5.41, 5.74) is 0.784. The van der Waals surface area contributed by atoms with Gasteiger partial charge in [-0.15, -0.1) is 0 Å². The van der Waals surface area contributed by atoms with Crippen LogP contribution < -0.4 is 5.32 Å². The monoisotopic (exact) mass is 232 g/mol. The number of rotatable bonds is 2. The number of carbonyl (C=O) groups is 1. The van der Waals surface area contributed by atoms with Crippen LogP contribution in [0.3, 0.4) is 0 Å². The Morgan fingerprint density at radius 2 is 2.00 bits per heavy atom. The molecule has 1 saturated heterocycles. The Hall–Kier alpha value is -1.35. The number of benzene rings is 1. The van der Waals surface area contributed by atoms with Crippen LogP contribution in [0, 0.1) is 0 Å². The summed E-state index contributed by atoms with van der Waals surface area (Å²) in [6.07, 6.45) is 3.30. The van der Waals surface area contributed by atoms with E-state index in [1.54, 1.807) is 0 Å². The first-order chi connectivity index (χ1) is 8.29. The lowest BCUT2D eigenvalue weighted by atomic mass is 10.1. The van der Waals surface area contributed by atoms with Crippen LogP contribution in [0.15, 0.2) is 30.3 Å². The Morgan fingerprint density at radius 3 is 2.76 bits per heavy atom. The molecular weight excluding hydrogens is 212 g/mol. The van der Waals surface area contributed by atoms with Crippen LogP contribution in [0.2, 0.25) is 0 Å². The number of hydrogen-bond donors (Lipinski definition) is 1. The fourth-order valence-electron chi connectivity index (χ4n) is 2.34. The largest absolute Gasteiger partial charge is 0.339 e. The van der Waals surface area contributed by atoms with Crippen molar-refractivity contribution in [3.63, 3.8) is 0 Å². The quantitative estimate of drug-likeness (QED) is 0.844. The number of hydrogen-bond acceptors (Lipinski definition) is 2. The van der Waals surface area contributed by atoms with Gasteiger partial charge in [-0.2, -0.15) is 0 Å². The summed E-state index contributed by atoms with van der Waals surface area (Å²) in [4.78, 5) is 14.2. The highest BCUT2D eigenvalue weighted by atomic mass is 16.2. The van der Waals surface area contributed by atoms with Gasteiger partial charge in [0.15, 0.2) is 0 Å². The van der Waals surface area contributed by atoms with E-state index in [2.05, 4.69) is 5.32 Å². The van der Waals surface area contributed by atoms with Gasteiger partial charge in [-0.1, -0.05) is 18.2 Å². The molecule has 2 rings (SSSR count). The fraction of sp³-hybridized carbons (Fsp3) is 0.500. The number of nitrogens with one attached hydrogen (secondary N) is 1. The second-order valence-electron chi connectivity index (χ2n) is 4.62. The van der Waals surface area contributed by atoms with E-state index in [1.807, 2.05) is 42.3 Å². The van der Waals surface area contributed by atoms with Crippen LogP contribution in [0.4, 0.5) is 0 Å². The van der Waals surface area contributed by atoms with Gasteiger partial charge in [-0.3, -0.25) is 4.79 Å². The smallest absolute Gasteiger partial charge is 0.253 e. The minimum atomic E-state index is 0.137. The van der Waals surface area contributed by atoms with Gasteiger partial charge in [0.25, 0.3) is 5.91 Å². The van der Waals surface area contributed by atoms with Gasteiger partial charge in [-0.25, -0.2) is 0 Å². The lowest BCUT2D eigenvalue weighted by Crippen LogP contribution is -2.37. The highest BCUT2D eigenvalue weighted by molar-refractivity contribution is 5.94. The second kappa shape index (κ2) is 5.82. The predicted octanol–water partition coefficient (Wildman–Crippen LogP) is 1.90. The van der Waals surface area contributed by atoms with Crippen LogP contribution in [0.1, 0.15) is 29.6 Å². The standard InChI is InChI=1S/C14H20N2O/c1-16(13-8-5-10-15-11-9-13)14(17)12-6-3-2-4-7-12/h2-4,6-7,13,15H,5,8-11H2,1H3. The van der Waals surface area contributed by atoms with E-state index in [4.69, 9.17) is 0 Å². The lowest BCUT2D eigenvalue weighted by molar-refractivity contribution is 0.0720. The zero-order chi connectivity index (χ0) is 12.1. The van der Waals surface area contributed by atoms with Crippen LogP contribution in [0.5, 0.6) is 0 Å². The molecule has 3 nitrogen and oxygen atoms in total. The lowest BCUT2D eigenvalue weighted by Gasteiger charge is -2.27. The van der Waals surface area contributed by atoms with Gasteiger partial charge in [0, 0.05) is 18.7 Å². The third-order valence-electron chi connectivity index (χ3n) is 3.43. The maximum Gasteiger partial charge on any atom is 0.253 e. The second-order valence-corrected chi connectivity index (χ2v) is 4.62. The van der Waals surface area contributed by atoms with Crippen LogP contribution in [-0.4, -0.2) is 37.0 Å². The van der Waals surface area contributed by atoms with Crippen molar-refractivity contribution in [2.24, 2.45) is 0 Å². The van der Waals surface area contributed by atoms with Crippen molar-refractivity contribution in [3.05, 3.63) is 35.9 Å². The average Bonchev–Trinajstić information content (AvgIpc) is 2.67. The van der Waals surface area contributed by atoms with Crippen molar-refractivity contribution in [2.45, 2.75) is 25.3 Å². The van der Waals surface area contributed by atoms with Crippen LogP contribution >= 0.6 is 0 Å². The molecule has 0 saturated carbocycles. The average molecular weight is 232 g/mol. The molecule has 1 fully saturated rings. The van der Waals surface area contributed by atoms with E-state index < -0.39 is 0 Å². The molecule has 17 heavy (non-hydrogen) atoms. The fourth-order valence-corrected chi connectivity index (χ4v) is 2.34. The maximum absolute atomic E-state index is 12.3. The van der Waals surface area contributed by atoms with Gasteiger partial charge in [0.05, 0.1) is 0 Å². The first-order valence-electron chi connectivity index (χ1n) is 6.32. The molecule has 0 aliphatic carbocycles. The molecule has 1 unspecified atom stereocenters. The molecule has 3 heteroatoms. The number of amides is 1. The van der Waals surface area contributed by atoms with Gasteiger partial charge in [0.2, 0.25) is 0 Å². The van der Waals surface area contributed by atoms with Crippen molar-refractivity contribution in [3.8, 4) is 0 Å². The molecule has 0 aromatic heterocycles. The first-order valence-corrected chi connectivity index (χ1v) is 6.32. The van der Waals surface area contributed by atoms with E-state index in [-0.39, 0.29) is 5.91 Å². The van der Waals surface area contributed by atoms with Gasteiger partial charge < -0.3 is 10.2 Å². The van der Waals surface area contributed by atoms with Crippen LogP contribution in [-0.2, 0) is 0 Å². The summed E-state index contributed by atoms with van der Waals surface area (Å²) < 4.78 is 0. The minimum Gasteiger partial charge on any atom is -0.339 e. The summed E-state index contributed by atoms with van der Waals surface area (Å²) in [6, 6.07) is 9.90. The maximum atomic E-state index is 12.3. The molecule has 0 spiro atoms. The molecule has 1 atom stereocenters. The predicted molar refractivity (Wildman–Crippen MR) is 69.0 cm³/mol. The third-order valence-corrected chi connectivity index (χ3v) is 3.43. The molecule has 1 aromatic carbocycles. The van der Waals surface area contributed by atoms with Crippen molar-refractivity contribution in [2.75, 3.05) is 20.1 Å². The SMILES string of the molecule is CN(C(=O)c1ccccc1)C1CCCNCC1. The molecule has 1 amide bonds. The molecule has 92 valence electrons. The van der Waals surface area contributed by atoms with E-state index >= 15 is 0 Å². The highest BCUT2D eigenvalue weighted by Gasteiger charge is 2.21.